The molecule has 2 aromatic heterocycles. The first-order chi connectivity index (χ1) is 19.1. The van der Waals surface area contributed by atoms with Crippen molar-refractivity contribution < 1.29 is 23.4 Å². The van der Waals surface area contributed by atoms with Crippen LogP contribution < -0.4 is 14.4 Å². The number of hydrogen-bond acceptors (Lipinski definition) is 8. The fraction of sp³-hybridized carbons (Fsp3) is 0.357. The number of nitrogens with zero attached hydrogens (tertiary/aromatic N) is 6. The highest BCUT2D eigenvalue weighted by molar-refractivity contribution is 5.99. The van der Waals surface area contributed by atoms with E-state index >= 15 is 4.39 Å². The predicted molar refractivity (Wildman–Crippen MR) is 143 cm³/mol. The molecule has 4 aromatic rings. The summed E-state index contributed by atoms with van der Waals surface area (Å²) in [4.78, 5) is 21.3. The maximum Gasteiger partial charge on any atom is 0.265 e. The smallest absolute Gasteiger partial charge is 0.265 e. The van der Waals surface area contributed by atoms with Gasteiger partial charge >= 0.3 is 0 Å². The number of morpholine rings is 1. The van der Waals surface area contributed by atoms with Crippen LogP contribution in [0.15, 0.2) is 42.9 Å². The van der Waals surface area contributed by atoms with Crippen molar-refractivity contribution >= 4 is 22.8 Å². The van der Waals surface area contributed by atoms with E-state index in [-0.39, 0.29) is 12.5 Å². The van der Waals surface area contributed by atoms with Crippen molar-refractivity contribution in [2.75, 3.05) is 58.0 Å². The summed E-state index contributed by atoms with van der Waals surface area (Å²) >= 11 is 0. The topological polar surface area (TPSA) is 94.8 Å². The molecule has 0 unspecified atom stereocenters. The molecule has 1 amide bonds. The summed E-state index contributed by atoms with van der Waals surface area (Å²) in [6.45, 7) is 6.92. The minimum Gasteiger partial charge on any atom is -0.496 e. The first-order valence-corrected chi connectivity index (χ1v) is 13.0. The zero-order valence-corrected chi connectivity index (χ0v) is 21.9. The number of aryl methyl sites for hydroxylation is 1. The van der Waals surface area contributed by atoms with Gasteiger partial charge in [0.2, 0.25) is 0 Å². The molecule has 39 heavy (non-hydrogen) atoms. The number of benzene rings is 2. The molecule has 4 heterocycles. The summed E-state index contributed by atoms with van der Waals surface area (Å²) < 4.78 is 34.2. The van der Waals surface area contributed by atoms with E-state index in [1.165, 1.54) is 13.2 Å². The molecular formula is C28H29FN6O4. The Labute approximate surface area is 224 Å². The lowest BCUT2D eigenvalue weighted by molar-refractivity contribution is -0.121. The van der Waals surface area contributed by atoms with Gasteiger partial charge in [0, 0.05) is 55.5 Å². The van der Waals surface area contributed by atoms with Crippen LogP contribution in [-0.2, 0) is 16.1 Å². The minimum absolute atomic E-state index is 0.0782. The Balaban J connectivity index is 1.38. The van der Waals surface area contributed by atoms with Gasteiger partial charge in [-0.1, -0.05) is 6.07 Å². The van der Waals surface area contributed by atoms with Gasteiger partial charge in [0.1, 0.15) is 22.8 Å². The third-order valence-corrected chi connectivity index (χ3v) is 7.28. The Morgan fingerprint density at radius 3 is 2.72 bits per heavy atom. The van der Waals surface area contributed by atoms with E-state index in [2.05, 4.69) is 20.1 Å². The molecule has 2 aromatic carbocycles. The highest BCUT2D eigenvalue weighted by Crippen LogP contribution is 2.44. The van der Waals surface area contributed by atoms with Gasteiger partial charge in [0.05, 0.1) is 38.5 Å². The Morgan fingerprint density at radius 1 is 1.08 bits per heavy atom. The van der Waals surface area contributed by atoms with Crippen LogP contribution in [0.25, 0.3) is 33.4 Å². The van der Waals surface area contributed by atoms with Crippen molar-refractivity contribution in [1.82, 2.24) is 24.6 Å². The largest absolute Gasteiger partial charge is 0.496 e. The number of hydrogen-bond donors (Lipinski definition) is 0. The van der Waals surface area contributed by atoms with Crippen LogP contribution in [0, 0.1) is 5.82 Å². The van der Waals surface area contributed by atoms with Gasteiger partial charge < -0.3 is 23.7 Å². The quantitative estimate of drug-likeness (QED) is 0.358. The summed E-state index contributed by atoms with van der Waals surface area (Å²) in [7, 11) is 1.53. The maximum absolute atomic E-state index is 15.3. The summed E-state index contributed by atoms with van der Waals surface area (Å²) in [5, 5.41) is 8.38. The first-order valence-electron chi connectivity index (χ1n) is 13.0. The number of methoxy groups -OCH3 is 1. The van der Waals surface area contributed by atoms with E-state index in [1.54, 1.807) is 41.7 Å². The molecule has 11 heteroatoms. The lowest BCUT2D eigenvalue weighted by Crippen LogP contribution is -2.45. The lowest BCUT2D eigenvalue weighted by atomic mass is 9.97. The van der Waals surface area contributed by atoms with Gasteiger partial charge in [0.25, 0.3) is 5.91 Å². The number of carbonyl (C=O) groups is 1. The van der Waals surface area contributed by atoms with Gasteiger partial charge in [-0.2, -0.15) is 5.10 Å². The molecule has 2 aliphatic heterocycles. The van der Waals surface area contributed by atoms with E-state index in [4.69, 9.17) is 14.2 Å². The molecule has 6 rings (SSSR count). The Kier molecular flexibility index (Phi) is 6.84. The van der Waals surface area contributed by atoms with Crippen molar-refractivity contribution in [1.29, 1.82) is 0 Å². The molecule has 0 bridgehead atoms. The third kappa shape index (κ3) is 4.68. The summed E-state index contributed by atoms with van der Waals surface area (Å²) in [6.07, 6.45) is 3.36. The zero-order valence-electron chi connectivity index (χ0n) is 21.9. The maximum atomic E-state index is 15.3. The minimum atomic E-state index is -0.412. The van der Waals surface area contributed by atoms with Crippen LogP contribution in [0.3, 0.4) is 0 Å². The lowest BCUT2D eigenvalue weighted by Gasteiger charge is -2.33. The van der Waals surface area contributed by atoms with Crippen molar-refractivity contribution in [3.05, 3.63) is 48.7 Å². The van der Waals surface area contributed by atoms with Crippen LogP contribution >= 0.6 is 0 Å². The fourth-order valence-electron chi connectivity index (χ4n) is 5.13. The molecule has 0 N–H and O–H groups in total. The molecule has 0 radical (unpaired) electrons. The second-order valence-corrected chi connectivity index (χ2v) is 9.46. The second-order valence-electron chi connectivity index (χ2n) is 9.46. The average molecular weight is 533 g/mol. The Hall–Kier alpha value is -4.09. The number of halogens is 1. The van der Waals surface area contributed by atoms with Gasteiger partial charge in [-0.15, -0.1) is 5.10 Å². The van der Waals surface area contributed by atoms with Gasteiger partial charge in [-0.25, -0.2) is 9.37 Å². The van der Waals surface area contributed by atoms with E-state index < -0.39 is 5.82 Å². The average Bonchev–Trinajstić information content (AvgIpc) is 3.40. The van der Waals surface area contributed by atoms with Crippen molar-refractivity contribution in [3.63, 3.8) is 0 Å². The molecule has 2 aliphatic rings. The van der Waals surface area contributed by atoms with Crippen LogP contribution in [0.5, 0.6) is 11.5 Å². The Morgan fingerprint density at radius 2 is 1.92 bits per heavy atom. The van der Waals surface area contributed by atoms with Crippen molar-refractivity contribution in [2.24, 2.45) is 0 Å². The molecular weight excluding hydrogens is 503 g/mol. The normalized spacial score (nSPS) is 15.9. The van der Waals surface area contributed by atoms with Crippen molar-refractivity contribution in [2.45, 2.75) is 13.5 Å². The number of anilines is 1. The molecule has 1 fully saturated rings. The summed E-state index contributed by atoms with van der Waals surface area (Å²) in [5.74, 6) is 0.407. The Bertz CT molecular complexity index is 1530. The molecule has 0 atom stereocenters. The summed E-state index contributed by atoms with van der Waals surface area (Å²) in [5.41, 5.74) is 4.34. The van der Waals surface area contributed by atoms with E-state index in [1.807, 2.05) is 11.5 Å². The molecule has 10 nitrogen and oxygen atoms in total. The SMILES string of the molecule is CCn1cnc2c(-c3ccc(F)c(-c4cc5c(cc4OC)N(CCN4CCOCC4)C(=O)CO5)c3)cnnc21. The number of aromatic nitrogens is 4. The van der Waals surface area contributed by atoms with Crippen molar-refractivity contribution in [3.8, 4) is 33.8 Å². The van der Waals surface area contributed by atoms with Gasteiger partial charge in [0.15, 0.2) is 12.3 Å². The molecule has 0 spiro atoms. The first kappa shape index (κ1) is 25.2. The molecule has 0 aliphatic carbocycles. The van der Waals surface area contributed by atoms with E-state index in [0.29, 0.717) is 65.8 Å². The fourth-order valence-corrected chi connectivity index (χ4v) is 5.13. The van der Waals surface area contributed by atoms with Crippen LogP contribution in [0.1, 0.15) is 6.92 Å². The van der Waals surface area contributed by atoms with Gasteiger partial charge in [-0.05, 0) is 30.7 Å². The second kappa shape index (κ2) is 10.6. The van der Waals surface area contributed by atoms with Crippen LogP contribution in [-0.4, -0.2) is 83.7 Å². The predicted octanol–water partition coefficient (Wildman–Crippen LogP) is 3.39. The summed E-state index contributed by atoms with van der Waals surface area (Å²) in [6, 6.07) is 8.38. The number of imidazole rings is 1. The molecule has 0 saturated carbocycles. The number of carbonyl (C=O) groups excluding carboxylic acids is 1. The number of rotatable bonds is 7. The monoisotopic (exact) mass is 532 g/mol. The third-order valence-electron chi connectivity index (χ3n) is 7.28. The standard InChI is InChI=1S/C28H29FN6O4/c1-3-34-17-30-27-21(15-31-32-28(27)34)18-4-5-22(29)19(12-18)20-13-25-23(14-24(20)37-2)35(26(36)16-39-25)7-6-33-8-10-38-11-9-33/h4-5,12-15,17H,3,6-11,16H2,1-2H3. The van der Waals surface area contributed by atoms with Crippen LogP contribution in [0.4, 0.5) is 10.1 Å². The molecule has 1 saturated heterocycles. The van der Waals surface area contributed by atoms with Crippen LogP contribution in [0.2, 0.25) is 0 Å². The zero-order chi connectivity index (χ0) is 26.9. The highest BCUT2D eigenvalue weighted by atomic mass is 19.1. The van der Waals surface area contributed by atoms with E-state index in [9.17, 15) is 4.79 Å². The number of ether oxygens (including phenoxy) is 3. The van der Waals surface area contributed by atoms with E-state index in [0.717, 1.165) is 30.8 Å². The van der Waals surface area contributed by atoms with Gasteiger partial charge in [-0.3, -0.25) is 9.69 Å². The number of amides is 1. The molecule has 202 valence electrons. The highest BCUT2D eigenvalue weighted by Gasteiger charge is 2.29. The number of fused-ring (bicyclic) bond motifs is 2.